The number of benzene rings is 1. The molecule has 0 bridgehead atoms. The number of amides is 1. The summed E-state index contributed by atoms with van der Waals surface area (Å²) in [4.78, 5) is 26.3. The van der Waals surface area contributed by atoms with Crippen LogP contribution in [0.25, 0.3) is 11.3 Å². The first-order valence-corrected chi connectivity index (χ1v) is 8.38. The molecule has 3 aromatic rings. The van der Waals surface area contributed by atoms with E-state index in [4.69, 9.17) is 4.74 Å². The summed E-state index contributed by atoms with van der Waals surface area (Å²) in [5.41, 5.74) is 1.97. The summed E-state index contributed by atoms with van der Waals surface area (Å²) in [5.74, 6) is 0.493. The van der Waals surface area contributed by atoms with Crippen LogP contribution in [0.5, 0.6) is 0 Å². The van der Waals surface area contributed by atoms with Crippen molar-refractivity contribution >= 4 is 23.5 Å². The zero-order valence-electron chi connectivity index (χ0n) is 14.5. The van der Waals surface area contributed by atoms with E-state index in [9.17, 15) is 9.18 Å². The highest BCUT2D eigenvalue weighted by Crippen LogP contribution is 2.26. The van der Waals surface area contributed by atoms with Gasteiger partial charge in [-0.15, -0.1) is 0 Å². The van der Waals surface area contributed by atoms with Crippen molar-refractivity contribution in [1.82, 2.24) is 15.0 Å². The maximum Gasteiger partial charge on any atom is 0.415 e. The summed E-state index contributed by atoms with van der Waals surface area (Å²) < 4.78 is 18.4. The number of halogens is 1. The highest BCUT2D eigenvalue weighted by atomic mass is 19.1. The van der Waals surface area contributed by atoms with Gasteiger partial charge >= 0.3 is 6.09 Å². The fourth-order valence-corrected chi connectivity index (χ4v) is 2.82. The first-order valence-electron chi connectivity index (χ1n) is 8.38. The van der Waals surface area contributed by atoms with Gasteiger partial charge in [0, 0.05) is 23.6 Å². The van der Waals surface area contributed by atoms with Crippen LogP contribution in [0.1, 0.15) is 6.92 Å². The molecular formula is C19H16FN5O2. The van der Waals surface area contributed by atoms with Gasteiger partial charge in [-0.3, -0.25) is 4.90 Å². The Morgan fingerprint density at radius 1 is 1.19 bits per heavy atom. The van der Waals surface area contributed by atoms with Crippen LogP contribution in [-0.2, 0) is 4.74 Å². The molecule has 0 radical (unpaired) electrons. The number of pyridine rings is 1. The summed E-state index contributed by atoms with van der Waals surface area (Å²) in [5, 5.41) is 2.98. The molecule has 3 heterocycles. The van der Waals surface area contributed by atoms with Crippen molar-refractivity contribution in [2.24, 2.45) is 0 Å². The summed E-state index contributed by atoms with van der Waals surface area (Å²) in [6, 6.07) is 11.3. The van der Waals surface area contributed by atoms with Gasteiger partial charge in [0.2, 0.25) is 5.95 Å². The Bertz CT molecular complexity index is 997. The Labute approximate surface area is 154 Å². The number of carbonyl (C=O) groups is 1. The van der Waals surface area contributed by atoms with E-state index in [-0.39, 0.29) is 11.9 Å². The number of ether oxygens (including phenoxy) is 1. The van der Waals surface area contributed by atoms with E-state index >= 15 is 0 Å². The number of aromatic nitrogens is 3. The normalized spacial score (nSPS) is 16.3. The van der Waals surface area contributed by atoms with Crippen molar-refractivity contribution in [3.8, 4) is 11.3 Å². The molecule has 1 N–H and O–H groups in total. The van der Waals surface area contributed by atoms with Gasteiger partial charge in [-0.25, -0.2) is 24.1 Å². The van der Waals surface area contributed by atoms with Gasteiger partial charge in [-0.2, -0.15) is 0 Å². The molecule has 1 atom stereocenters. The smallest absolute Gasteiger partial charge is 0.415 e. The Kier molecular flexibility index (Phi) is 4.37. The predicted molar refractivity (Wildman–Crippen MR) is 98.2 cm³/mol. The Hall–Kier alpha value is -3.55. The average molecular weight is 365 g/mol. The van der Waals surface area contributed by atoms with Crippen LogP contribution in [-0.4, -0.2) is 33.7 Å². The standard InChI is InChI=1S/C19H16FN5O2/c1-12-11-27-19(26)25(12)17-9-13(5-7-21-17)16-6-8-22-18(24-16)23-15-4-2-3-14(20)10-15/h2-10,12H,11H2,1H3,(H,22,23,24). The van der Waals surface area contributed by atoms with Crippen LogP contribution >= 0.6 is 0 Å². The third-order valence-corrected chi connectivity index (χ3v) is 4.11. The second-order valence-corrected chi connectivity index (χ2v) is 6.10. The van der Waals surface area contributed by atoms with Crippen molar-refractivity contribution in [3.05, 3.63) is 60.7 Å². The van der Waals surface area contributed by atoms with Gasteiger partial charge < -0.3 is 10.1 Å². The van der Waals surface area contributed by atoms with E-state index in [1.807, 2.05) is 6.92 Å². The molecule has 1 aliphatic rings. The third kappa shape index (κ3) is 3.55. The molecule has 1 fully saturated rings. The van der Waals surface area contributed by atoms with E-state index in [1.165, 1.54) is 17.0 Å². The molecule has 7 nitrogen and oxygen atoms in total. The quantitative estimate of drug-likeness (QED) is 0.758. The molecule has 1 aliphatic heterocycles. The highest BCUT2D eigenvalue weighted by molar-refractivity contribution is 5.89. The zero-order chi connectivity index (χ0) is 18.8. The van der Waals surface area contributed by atoms with Crippen LogP contribution in [0.3, 0.4) is 0 Å². The molecule has 136 valence electrons. The van der Waals surface area contributed by atoms with Crippen LogP contribution < -0.4 is 10.2 Å². The third-order valence-electron chi connectivity index (χ3n) is 4.11. The molecule has 0 spiro atoms. The van der Waals surface area contributed by atoms with E-state index in [2.05, 4.69) is 20.3 Å². The Morgan fingerprint density at radius 3 is 2.81 bits per heavy atom. The maximum atomic E-state index is 13.3. The fourth-order valence-electron chi connectivity index (χ4n) is 2.82. The monoisotopic (exact) mass is 365 g/mol. The lowest BCUT2D eigenvalue weighted by atomic mass is 10.2. The number of hydrogen-bond donors (Lipinski definition) is 1. The van der Waals surface area contributed by atoms with Gasteiger partial charge in [0.05, 0.1) is 11.7 Å². The van der Waals surface area contributed by atoms with Crippen LogP contribution in [0, 0.1) is 5.82 Å². The van der Waals surface area contributed by atoms with Crippen LogP contribution in [0.15, 0.2) is 54.9 Å². The van der Waals surface area contributed by atoms with Gasteiger partial charge in [-0.1, -0.05) is 6.07 Å². The lowest BCUT2D eigenvalue weighted by Gasteiger charge is -2.17. The second-order valence-electron chi connectivity index (χ2n) is 6.10. The molecule has 1 saturated heterocycles. The Balaban J connectivity index is 1.62. The first kappa shape index (κ1) is 16.9. The van der Waals surface area contributed by atoms with Crippen molar-refractivity contribution in [2.45, 2.75) is 13.0 Å². The van der Waals surface area contributed by atoms with Gasteiger partial charge in [0.1, 0.15) is 18.2 Å². The molecule has 2 aromatic heterocycles. The number of anilines is 3. The topological polar surface area (TPSA) is 80.2 Å². The number of rotatable bonds is 4. The Morgan fingerprint density at radius 2 is 2.04 bits per heavy atom. The van der Waals surface area contributed by atoms with E-state index in [0.29, 0.717) is 29.8 Å². The minimum Gasteiger partial charge on any atom is -0.447 e. The van der Waals surface area contributed by atoms with Gasteiger partial charge in [0.15, 0.2) is 0 Å². The summed E-state index contributed by atoms with van der Waals surface area (Å²) in [7, 11) is 0. The summed E-state index contributed by atoms with van der Waals surface area (Å²) in [6.07, 6.45) is 2.81. The van der Waals surface area contributed by atoms with E-state index < -0.39 is 6.09 Å². The number of nitrogens with one attached hydrogen (secondary N) is 1. The van der Waals surface area contributed by atoms with Crippen molar-refractivity contribution in [1.29, 1.82) is 0 Å². The van der Waals surface area contributed by atoms with Gasteiger partial charge in [-0.05, 0) is 43.3 Å². The van der Waals surface area contributed by atoms with E-state index in [1.54, 1.807) is 42.7 Å². The van der Waals surface area contributed by atoms with Crippen LogP contribution in [0.2, 0.25) is 0 Å². The minimum atomic E-state index is -0.414. The number of hydrogen-bond acceptors (Lipinski definition) is 6. The molecule has 1 aromatic carbocycles. The average Bonchev–Trinajstić information content (AvgIpc) is 3.00. The summed E-state index contributed by atoms with van der Waals surface area (Å²) in [6.45, 7) is 2.23. The molecule has 0 aliphatic carbocycles. The highest BCUT2D eigenvalue weighted by Gasteiger charge is 2.31. The molecule has 8 heteroatoms. The fraction of sp³-hybridized carbons (Fsp3) is 0.158. The van der Waals surface area contributed by atoms with Crippen molar-refractivity contribution < 1.29 is 13.9 Å². The first-order chi connectivity index (χ1) is 13.1. The lowest BCUT2D eigenvalue weighted by molar-refractivity contribution is 0.179. The molecule has 4 rings (SSSR count). The second kappa shape index (κ2) is 6.99. The van der Waals surface area contributed by atoms with Gasteiger partial charge in [0.25, 0.3) is 0 Å². The molecule has 27 heavy (non-hydrogen) atoms. The lowest BCUT2D eigenvalue weighted by Crippen LogP contribution is -2.31. The maximum absolute atomic E-state index is 13.3. The molecule has 1 unspecified atom stereocenters. The van der Waals surface area contributed by atoms with Crippen LogP contribution in [0.4, 0.5) is 26.6 Å². The SMILES string of the molecule is CC1COC(=O)N1c1cc(-c2ccnc(Nc3cccc(F)c3)n2)ccn1. The van der Waals surface area contributed by atoms with Crippen molar-refractivity contribution in [2.75, 3.05) is 16.8 Å². The molecule has 1 amide bonds. The van der Waals surface area contributed by atoms with E-state index in [0.717, 1.165) is 5.56 Å². The predicted octanol–water partition coefficient (Wildman–Crippen LogP) is 3.77. The number of carbonyl (C=O) groups excluding carboxylic acids is 1. The molecule has 0 saturated carbocycles. The number of cyclic esters (lactones) is 1. The minimum absolute atomic E-state index is 0.0872. The van der Waals surface area contributed by atoms with Crippen molar-refractivity contribution in [3.63, 3.8) is 0 Å². The summed E-state index contributed by atoms with van der Waals surface area (Å²) >= 11 is 0. The zero-order valence-corrected chi connectivity index (χ0v) is 14.5. The number of nitrogens with zero attached hydrogens (tertiary/aromatic N) is 4. The molecular weight excluding hydrogens is 349 g/mol. The largest absolute Gasteiger partial charge is 0.447 e.